The second-order valence-electron chi connectivity index (χ2n) is 7.57. The van der Waals surface area contributed by atoms with Crippen LogP contribution in [0.25, 0.3) is 16.8 Å². The van der Waals surface area contributed by atoms with E-state index in [9.17, 15) is 10.1 Å². The number of halogens is 2. The van der Waals surface area contributed by atoms with Crippen LogP contribution < -0.4 is 10.1 Å². The Labute approximate surface area is 215 Å². The first-order valence-electron chi connectivity index (χ1n) is 10.6. The molecule has 0 aliphatic heterocycles. The minimum Gasteiger partial charge on any atom is -0.487 e. The lowest BCUT2D eigenvalue weighted by Crippen LogP contribution is -2.23. The first-order valence-corrected chi connectivity index (χ1v) is 12.2. The molecule has 6 heteroatoms. The second kappa shape index (κ2) is 11.1. The topological polar surface area (TPSA) is 62.1 Å². The highest BCUT2D eigenvalue weighted by atomic mass is 79.9. The molecule has 1 N–H and O–H groups in total. The normalized spacial score (nSPS) is 11.1. The molecule has 4 aromatic carbocycles. The molecule has 4 nitrogen and oxygen atoms in total. The largest absolute Gasteiger partial charge is 0.487 e. The third kappa shape index (κ3) is 5.74. The van der Waals surface area contributed by atoms with Gasteiger partial charge in [0.25, 0.3) is 5.91 Å². The van der Waals surface area contributed by atoms with Crippen LogP contribution in [0, 0.1) is 11.3 Å². The molecule has 0 saturated carbocycles. The average molecular weight is 576 g/mol. The SMILES string of the molecule is N#C/C(=C\c1cc(Br)cc(Br)c1OCc1cccc2ccccc12)C(=O)NCc1ccccc1. The van der Waals surface area contributed by atoms with Gasteiger partial charge in [0, 0.05) is 16.6 Å². The number of amides is 1. The highest BCUT2D eigenvalue weighted by Crippen LogP contribution is 2.35. The van der Waals surface area contributed by atoms with Crippen molar-refractivity contribution in [2.75, 3.05) is 0 Å². The molecule has 0 aliphatic carbocycles. The standard InChI is InChI=1S/C28H20Br2N2O2/c29-24-14-22(13-23(16-31)28(33)32-17-19-7-2-1-3-8-19)27(26(30)15-24)34-18-21-11-6-10-20-9-4-5-12-25(20)21/h1-15H,17-18H2,(H,32,33)/b23-13+. The predicted octanol–water partition coefficient (Wildman–Crippen LogP) is 7.17. The summed E-state index contributed by atoms with van der Waals surface area (Å²) in [5.74, 6) is 0.113. The maximum absolute atomic E-state index is 12.7. The lowest BCUT2D eigenvalue weighted by Gasteiger charge is -2.14. The van der Waals surface area contributed by atoms with Gasteiger partial charge in [0.1, 0.15) is 24.0 Å². The second-order valence-corrected chi connectivity index (χ2v) is 9.34. The molecule has 4 rings (SSSR count). The first-order chi connectivity index (χ1) is 16.5. The fourth-order valence-corrected chi connectivity index (χ4v) is 4.96. The summed E-state index contributed by atoms with van der Waals surface area (Å²) in [5, 5.41) is 14.7. The van der Waals surface area contributed by atoms with Gasteiger partial charge in [-0.2, -0.15) is 5.26 Å². The molecule has 34 heavy (non-hydrogen) atoms. The maximum Gasteiger partial charge on any atom is 0.262 e. The van der Waals surface area contributed by atoms with Crippen molar-refractivity contribution in [3.63, 3.8) is 0 Å². The fourth-order valence-electron chi connectivity index (χ4n) is 3.59. The third-order valence-corrected chi connectivity index (χ3v) is 6.30. The van der Waals surface area contributed by atoms with Crippen LogP contribution in [-0.4, -0.2) is 5.91 Å². The lowest BCUT2D eigenvalue weighted by atomic mass is 10.1. The summed E-state index contributed by atoms with van der Waals surface area (Å²) in [4.78, 5) is 12.7. The number of carbonyl (C=O) groups is 1. The quantitative estimate of drug-likeness (QED) is 0.188. The van der Waals surface area contributed by atoms with Gasteiger partial charge in [-0.15, -0.1) is 0 Å². The zero-order valence-corrected chi connectivity index (χ0v) is 21.3. The Bertz CT molecular complexity index is 1400. The van der Waals surface area contributed by atoms with Crippen LogP contribution in [0.5, 0.6) is 5.75 Å². The van der Waals surface area contributed by atoms with Gasteiger partial charge in [0.2, 0.25) is 0 Å². The molecule has 168 valence electrons. The maximum atomic E-state index is 12.7. The molecule has 0 heterocycles. The van der Waals surface area contributed by atoms with Crippen molar-refractivity contribution in [3.8, 4) is 11.8 Å². The van der Waals surface area contributed by atoms with Crippen molar-refractivity contribution in [2.24, 2.45) is 0 Å². The molecule has 0 atom stereocenters. The van der Waals surface area contributed by atoms with Crippen LogP contribution in [0.15, 0.2) is 99.4 Å². The van der Waals surface area contributed by atoms with Crippen LogP contribution in [0.3, 0.4) is 0 Å². The van der Waals surface area contributed by atoms with E-state index in [0.717, 1.165) is 30.8 Å². The van der Waals surface area contributed by atoms with Gasteiger partial charge in [-0.3, -0.25) is 4.79 Å². The number of nitrogens with one attached hydrogen (secondary N) is 1. The Kier molecular flexibility index (Phi) is 7.79. The lowest BCUT2D eigenvalue weighted by molar-refractivity contribution is -0.117. The van der Waals surface area contributed by atoms with E-state index >= 15 is 0 Å². The monoisotopic (exact) mass is 574 g/mol. The van der Waals surface area contributed by atoms with E-state index < -0.39 is 5.91 Å². The summed E-state index contributed by atoms with van der Waals surface area (Å²) in [6.07, 6.45) is 1.55. The van der Waals surface area contributed by atoms with Crippen LogP contribution in [-0.2, 0) is 17.9 Å². The van der Waals surface area contributed by atoms with Gasteiger partial charge < -0.3 is 10.1 Å². The summed E-state index contributed by atoms with van der Waals surface area (Å²) in [6.45, 7) is 0.676. The zero-order chi connectivity index (χ0) is 23.9. The summed E-state index contributed by atoms with van der Waals surface area (Å²) in [6, 6.07) is 29.5. The summed E-state index contributed by atoms with van der Waals surface area (Å²) in [5.41, 5.74) is 2.62. The molecule has 0 radical (unpaired) electrons. The van der Waals surface area contributed by atoms with Gasteiger partial charge >= 0.3 is 0 Å². The van der Waals surface area contributed by atoms with Gasteiger partial charge in [0.15, 0.2) is 0 Å². The predicted molar refractivity (Wildman–Crippen MR) is 142 cm³/mol. The van der Waals surface area contributed by atoms with Crippen molar-refractivity contribution in [3.05, 3.63) is 116 Å². The summed E-state index contributed by atoms with van der Waals surface area (Å²) >= 11 is 7.05. The van der Waals surface area contributed by atoms with Crippen LogP contribution in [0.1, 0.15) is 16.7 Å². The highest BCUT2D eigenvalue weighted by molar-refractivity contribution is 9.11. The van der Waals surface area contributed by atoms with Crippen molar-refractivity contribution in [1.82, 2.24) is 5.32 Å². The number of fused-ring (bicyclic) bond motifs is 1. The van der Waals surface area contributed by atoms with Gasteiger partial charge in [-0.1, -0.05) is 88.7 Å². The number of ether oxygens (including phenoxy) is 1. The van der Waals surface area contributed by atoms with E-state index in [1.165, 1.54) is 0 Å². The van der Waals surface area contributed by atoms with E-state index in [0.29, 0.717) is 24.5 Å². The molecule has 0 aliphatic rings. The number of hydrogen-bond donors (Lipinski definition) is 1. The Morgan fingerprint density at radius 3 is 2.50 bits per heavy atom. The molecule has 0 unspecified atom stereocenters. The number of nitriles is 1. The highest BCUT2D eigenvalue weighted by Gasteiger charge is 2.14. The molecule has 0 saturated heterocycles. The van der Waals surface area contributed by atoms with Crippen molar-refractivity contribution < 1.29 is 9.53 Å². The minimum atomic E-state index is -0.442. The van der Waals surface area contributed by atoms with Crippen LogP contribution in [0.4, 0.5) is 0 Å². The smallest absolute Gasteiger partial charge is 0.262 e. The fraction of sp³-hybridized carbons (Fsp3) is 0.0714. The van der Waals surface area contributed by atoms with E-state index in [1.807, 2.05) is 72.8 Å². The van der Waals surface area contributed by atoms with E-state index in [-0.39, 0.29) is 5.57 Å². The summed E-state index contributed by atoms with van der Waals surface area (Å²) < 4.78 is 7.73. The molecule has 0 fully saturated rings. The molecular formula is C28H20Br2N2O2. The van der Waals surface area contributed by atoms with Gasteiger partial charge in [-0.05, 0) is 56.0 Å². The molecule has 4 aromatic rings. The Morgan fingerprint density at radius 1 is 0.971 bits per heavy atom. The van der Waals surface area contributed by atoms with Gasteiger partial charge in [-0.25, -0.2) is 0 Å². The molecular weight excluding hydrogens is 556 g/mol. The Balaban J connectivity index is 1.59. The molecule has 1 amide bonds. The van der Waals surface area contributed by atoms with Gasteiger partial charge in [0.05, 0.1) is 4.47 Å². The van der Waals surface area contributed by atoms with Crippen molar-refractivity contribution >= 4 is 54.6 Å². The van der Waals surface area contributed by atoms with Crippen LogP contribution in [0.2, 0.25) is 0 Å². The molecule has 0 spiro atoms. The Hall–Kier alpha value is -3.40. The third-order valence-electron chi connectivity index (χ3n) is 5.25. The molecule has 0 bridgehead atoms. The van der Waals surface area contributed by atoms with E-state index in [1.54, 1.807) is 6.08 Å². The zero-order valence-electron chi connectivity index (χ0n) is 18.1. The Morgan fingerprint density at radius 2 is 1.71 bits per heavy atom. The number of carbonyl (C=O) groups excluding carboxylic acids is 1. The van der Waals surface area contributed by atoms with E-state index in [4.69, 9.17) is 4.74 Å². The first kappa shape index (κ1) is 23.7. The van der Waals surface area contributed by atoms with Crippen LogP contribution >= 0.6 is 31.9 Å². The van der Waals surface area contributed by atoms with Crippen molar-refractivity contribution in [2.45, 2.75) is 13.2 Å². The molecule has 0 aromatic heterocycles. The number of benzene rings is 4. The summed E-state index contributed by atoms with van der Waals surface area (Å²) in [7, 11) is 0. The average Bonchev–Trinajstić information content (AvgIpc) is 2.85. The number of nitrogens with zero attached hydrogens (tertiary/aromatic N) is 1. The van der Waals surface area contributed by atoms with Crippen molar-refractivity contribution in [1.29, 1.82) is 5.26 Å². The number of rotatable bonds is 7. The number of hydrogen-bond acceptors (Lipinski definition) is 3. The minimum absolute atomic E-state index is 0.00376. The van der Waals surface area contributed by atoms with E-state index in [2.05, 4.69) is 55.4 Å².